The van der Waals surface area contributed by atoms with Crippen molar-refractivity contribution in [2.45, 2.75) is 51.7 Å². The Morgan fingerprint density at radius 2 is 1.87 bits per heavy atom. The van der Waals surface area contributed by atoms with Crippen LogP contribution in [-0.4, -0.2) is 23.5 Å². The molecule has 0 heterocycles. The standard InChI is InChI=1S/C10H20N2O3/c1-10(2,3)15-9(14)7(11)5-4-6-8(12)13/h7H,4-6,11H2,1-3H3,(H2,12,13). The first-order chi connectivity index (χ1) is 6.72. The van der Waals surface area contributed by atoms with Crippen molar-refractivity contribution in [2.24, 2.45) is 11.5 Å². The van der Waals surface area contributed by atoms with Crippen molar-refractivity contribution >= 4 is 11.9 Å². The molecule has 0 aliphatic rings. The lowest BCUT2D eigenvalue weighted by Crippen LogP contribution is -2.37. The fourth-order valence-electron chi connectivity index (χ4n) is 0.992. The second kappa shape index (κ2) is 5.70. The van der Waals surface area contributed by atoms with Crippen molar-refractivity contribution in [2.75, 3.05) is 0 Å². The SMILES string of the molecule is CC(C)(C)OC(=O)C(N)CCCC(N)=O. The molecular weight excluding hydrogens is 196 g/mol. The molecule has 15 heavy (non-hydrogen) atoms. The topological polar surface area (TPSA) is 95.4 Å². The van der Waals surface area contributed by atoms with Gasteiger partial charge in [0, 0.05) is 6.42 Å². The van der Waals surface area contributed by atoms with Gasteiger partial charge in [-0.25, -0.2) is 0 Å². The molecule has 0 spiro atoms. The molecule has 0 aromatic heterocycles. The van der Waals surface area contributed by atoms with Crippen LogP contribution in [0.2, 0.25) is 0 Å². The maximum absolute atomic E-state index is 11.4. The highest BCUT2D eigenvalue weighted by Crippen LogP contribution is 2.10. The third-order valence-electron chi connectivity index (χ3n) is 1.65. The summed E-state index contributed by atoms with van der Waals surface area (Å²) in [5.41, 5.74) is 10.0. The van der Waals surface area contributed by atoms with E-state index < -0.39 is 17.6 Å². The summed E-state index contributed by atoms with van der Waals surface area (Å²) in [6.45, 7) is 5.34. The van der Waals surface area contributed by atoms with Crippen LogP contribution in [0.25, 0.3) is 0 Å². The van der Waals surface area contributed by atoms with Crippen LogP contribution in [-0.2, 0) is 14.3 Å². The first-order valence-electron chi connectivity index (χ1n) is 4.99. The summed E-state index contributed by atoms with van der Waals surface area (Å²) in [6.07, 6.45) is 1.17. The number of carbonyl (C=O) groups excluding carboxylic acids is 2. The summed E-state index contributed by atoms with van der Waals surface area (Å²) in [7, 11) is 0. The zero-order chi connectivity index (χ0) is 12.1. The van der Waals surface area contributed by atoms with Crippen LogP contribution in [0, 0.1) is 0 Å². The van der Waals surface area contributed by atoms with E-state index in [0.29, 0.717) is 12.8 Å². The summed E-state index contributed by atoms with van der Waals surface area (Å²) in [5, 5.41) is 0. The maximum atomic E-state index is 11.4. The minimum Gasteiger partial charge on any atom is -0.459 e. The Morgan fingerprint density at radius 1 is 1.33 bits per heavy atom. The van der Waals surface area contributed by atoms with Gasteiger partial charge in [-0.05, 0) is 33.6 Å². The molecule has 0 aliphatic heterocycles. The van der Waals surface area contributed by atoms with Crippen LogP contribution in [0.3, 0.4) is 0 Å². The van der Waals surface area contributed by atoms with Gasteiger partial charge in [-0.15, -0.1) is 0 Å². The fraction of sp³-hybridized carbons (Fsp3) is 0.800. The normalized spacial score (nSPS) is 13.3. The van der Waals surface area contributed by atoms with E-state index in [9.17, 15) is 9.59 Å². The molecule has 88 valence electrons. The van der Waals surface area contributed by atoms with Gasteiger partial charge in [-0.2, -0.15) is 0 Å². The predicted molar refractivity (Wildman–Crippen MR) is 56.9 cm³/mol. The summed E-state index contributed by atoms with van der Waals surface area (Å²) in [4.78, 5) is 21.8. The second-order valence-electron chi connectivity index (χ2n) is 4.50. The van der Waals surface area contributed by atoms with E-state index in [1.807, 2.05) is 0 Å². The highest BCUT2D eigenvalue weighted by molar-refractivity contribution is 5.76. The van der Waals surface area contributed by atoms with Crippen LogP contribution in [0.15, 0.2) is 0 Å². The highest BCUT2D eigenvalue weighted by atomic mass is 16.6. The Labute approximate surface area is 90.1 Å². The van der Waals surface area contributed by atoms with Crippen molar-refractivity contribution in [1.82, 2.24) is 0 Å². The number of hydrogen-bond acceptors (Lipinski definition) is 4. The molecule has 0 saturated heterocycles. The van der Waals surface area contributed by atoms with E-state index >= 15 is 0 Å². The molecule has 0 radical (unpaired) electrons. The van der Waals surface area contributed by atoms with Crippen molar-refractivity contribution in [3.8, 4) is 0 Å². The minimum atomic E-state index is -0.677. The van der Waals surface area contributed by atoms with E-state index in [4.69, 9.17) is 16.2 Å². The van der Waals surface area contributed by atoms with Gasteiger partial charge in [0.1, 0.15) is 11.6 Å². The van der Waals surface area contributed by atoms with Crippen molar-refractivity contribution < 1.29 is 14.3 Å². The molecule has 0 saturated carbocycles. The average molecular weight is 216 g/mol. The molecule has 0 aliphatic carbocycles. The van der Waals surface area contributed by atoms with Crippen molar-refractivity contribution in [3.05, 3.63) is 0 Å². The van der Waals surface area contributed by atoms with Gasteiger partial charge < -0.3 is 16.2 Å². The predicted octanol–water partition coefficient (Wildman–Crippen LogP) is 0.311. The third kappa shape index (κ3) is 7.93. The van der Waals surface area contributed by atoms with E-state index in [1.165, 1.54) is 0 Å². The van der Waals surface area contributed by atoms with E-state index in [1.54, 1.807) is 20.8 Å². The van der Waals surface area contributed by atoms with Gasteiger partial charge in [-0.3, -0.25) is 9.59 Å². The lowest BCUT2D eigenvalue weighted by Gasteiger charge is -2.22. The smallest absolute Gasteiger partial charge is 0.323 e. The second-order valence-corrected chi connectivity index (χ2v) is 4.50. The number of hydrogen-bond donors (Lipinski definition) is 2. The largest absolute Gasteiger partial charge is 0.459 e. The molecule has 0 bridgehead atoms. The Bertz CT molecular complexity index is 233. The van der Waals surface area contributed by atoms with Crippen LogP contribution in [0.1, 0.15) is 40.0 Å². The van der Waals surface area contributed by atoms with Gasteiger partial charge in [0.15, 0.2) is 0 Å². The Hall–Kier alpha value is -1.10. The number of primary amides is 1. The molecule has 5 nitrogen and oxygen atoms in total. The zero-order valence-electron chi connectivity index (χ0n) is 9.58. The number of rotatable bonds is 5. The zero-order valence-corrected chi connectivity index (χ0v) is 9.58. The lowest BCUT2D eigenvalue weighted by atomic mass is 10.1. The molecule has 5 heteroatoms. The Balaban J connectivity index is 3.85. The number of carbonyl (C=O) groups is 2. The Morgan fingerprint density at radius 3 is 2.27 bits per heavy atom. The molecule has 0 aromatic carbocycles. The first kappa shape index (κ1) is 13.9. The molecule has 1 amide bonds. The van der Waals surface area contributed by atoms with Gasteiger partial charge in [0.25, 0.3) is 0 Å². The fourth-order valence-corrected chi connectivity index (χ4v) is 0.992. The van der Waals surface area contributed by atoms with Crippen LogP contribution in [0.4, 0.5) is 0 Å². The van der Waals surface area contributed by atoms with Gasteiger partial charge >= 0.3 is 5.97 Å². The summed E-state index contributed by atoms with van der Waals surface area (Å²) < 4.78 is 5.08. The molecule has 0 fully saturated rings. The first-order valence-corrected chi connectivity index (χ1v) is 4.99. The van der Waals surface area contributed by atoms with E-state index in [0.717, 1.165) is 0 Å². The molecule has 4 N–H and O–H groups in total. The van der Waals surface area contributed by atoms with E-state index in [-0.39, 0.29) is 12.3 Å². The molecule has 0 aromatic rings. The van der Waals surface area contributed by atoms with E-state index in [2.05, 4.69) is 0 Å². The van der Waals surface area contributed by atoms with Gasteiger partial charge in [0.05, 0.1) is 0 Å². The average Bonchev–Trinajstić information content (AvgIpc) is 1.99. The lowest BCUT2D eigenvalue weighted by molar-refractivity contribution is -0.156. The monoisotopic (exact) mass is 216 g/mol. The molecular formula is C10H20N2O3. The maximum Gasteiger partial charge on any atom is 0.323 e. The van der Waals surface area contributed by atoms with Crippen LogP contribution < -0.4 is 11.5 Å². The number of ether oxygens (including phenoxy) is 1. The highest BCUT2D eigenvalue weighted by Gasteiger charge is 2.21. The van der Waals surface area contributed by atoms with Gasteiger partial charge in [0.2, 0.25) is 5.91 Å². The molecule has 1 atom stereocenters. The summed E-state index contributed by atoms with van der Waals surface area (Å²) in [6, 6.07) is -0.677. The van der Waals surface area contributed by atoms with Crippen molar-refractivity contribution in [1.29, 1.82) is 0 Å². The van der Waals surface area contributed by atoms with Crippen molar-refractivity contribution in [3.63, 3.8) is 0 Å². The van der Waals surface area contributed by atoms with Crippen LogP contribution in [0.5, 0.6) is 0 Å². The summed E-state index contributed by atoms with van der Waals surface area (Å²) >= 11 is 0. The Kier molecular flexibility index (Phi) is 5.28. The molecule has 1 unspecified atom stereocenters. The van der Waals surface area contributed by atoms with Crippen LogP contribution >= 0.6 is 0 Å². The van der Waals surface area contributed by atoms with Gasteiger partial charge in [-0.1, -0.05) is 0 Å². The quantitative estimate of drug-likeness (QED) is 0.646. The number of esters is 1. The number of amides is 1. The summed E-state index contributed by atoms with van der Waals surface area (Å²) in [5.74, 6) is -0.821. The minimum absolute atomic E-state index is 0.247. The third-order valence-corrected chi connectivity index (χ3v) is 1.65. The molecule has 0 rings (SSSR count). The number of nitrogens with two attached hydrogens (primary N) is 2.